The Labute approximate surface area is 356 Å². The number of carbonyl (C=O) groups excluding carboxylic acids is 10. The Morgan fingerprint density at radius 1 is 0.738 bits per heavy atom. The number of urea groups is 1. The van der Waals surface area contributed by atoms with Gasteiger partial charge in [-0.25, -0.2) is 10.3 Å². The average molecular weight is 886 g/mol. The van der Waals surface area contributed by atoms with E-state index in [1.54, 1.807) is 13.8 Å². The van der Waals surface area contributed by atoms with Crippen molar-refractivity contribution in [1.82, 2.24) is 48.0 Å². The number of aliphatic carboxylic acids is 1. The van der Waals surface area contributed by atoms with Crippen LogP contribution in [-0.4, -0.2) is 136 Å². The Morgan fingerprint density at radius 2 is 1.41 bits per heavy atom. The fraction of sp³-hybridized carbons (Fsp3) is 0.694. The minimum atomic E-state index is -1.82. The highest BCUT2D eigenvalue weighted by Gasteiger charge is 2.42. The second-order valence-corrected chi connectivity index (χ2v) is 16.5. The van der Waals surface area contributed by atoms with Gasteiger partial charge in [-0.15, -0.1) is 0 Å². The van der Waals surface area contributed by atoms with Gasteiger partial charge in [0.15, 0.2) is 0 Å². The summed E-state index contributed by atoms with van der Waals surface area (Å²) in [5.41, 5.74) is 12.1. The predicted octanol–water partition coefficient (Wildman–Crippen LogP) is -3.92. The summed E-state index contributed by atoms with van der Waals surface area (Å²) in [6, 6.07) is -4.48. The van der Waals surface area contributed by atoms with Crippen molar-refractivity contribution >= 4 is 76.9 Å². The molecule has 2 saturated heterocycles. The van der Waals surface area contributed by atoms with E-state index in [1.165, 1.54) is 5.48 Å². The van der Waals surface area contributed by atoms with Crippen molar-refractivity contribution in [1.29, 1.82) is 0 Å². The molecule has 0 aromatic heterocycles. The molecule has 2 fully saturated rings. The molecule has 25 heteroatoms. The summed E-state index contributed by atoms with van der Waals surface area (Å²) in [5, 5.41) is 38.3. The van der Waals surface area contributed by atoms with E-state index in [4.69, 9.17) is 16.7 Å². The van der Waals surface area contributed by atoms with Gasteiger partial charge in [0.2, 0.25) is 53.2 Å². The van der Waals surface area contributed by atoms with Crippen molar-refractivity contribution in [3.05, 3.63) is 0 Å². The minimum Gasteiger partial charge on any atom is -0.481 e. The number of primary amides is 2. The predicted molar refractivity (Wildman–Crippen MR) is 215 cm³/mol. The maximum absolute atomic E-state index is 13.1. The first-order chi connectivity index (χ1) is 28.8. The van der Waals surface area contributed by atoms with Crippen LogP contribution >= 0.6 is 11.8 Å². The number of thioether (sulfide) groups is 1. The van der Waals surface area contributed by atoms with Crippen LogP contribution in [0.4, 0.5) is 4.79 Å². The molecular formula is C36H59N11O13S. The molecule has 0 radical (unpaired) electrons. The number of nitrogens with two attached hydrogens (primary N) is 2. The van der Waals surface area contributed by atoms with Gasteiger partial charge in [0.1, 0.15) is 18.1 Å². The fourth-order valence-electron chi connectivity index (χ4n) is 6.60. The lowest BCUT2D eigenvalue weighted by atomic mass is 9.92. The van der Waals surface area contributed by atoms with Gasteiger partial charge in [-0.1, -0.05) is 20.3 Å². The number of nitrogens with one attached hydrogen (secondary N) is 9. The number of carboxylic acid groups (broad SMARTS) is 1. The third kappa shape index (κ3) is 19.9. The van der Waals surface area contributed by atoms with E-state index >= 15 is 0 Å². The van der Waals surface area contributed by atoms with Crippen molar-refractivity contribution in [2.24, 2.45) is 23.3 Å². The molecule has 0 spiro atoms. The molecule has 342 valence electrons. The lowest BCUT2D eigenvalue weighted by molar-refractivity contribution is -0.141. The highest BCUT2D eigenvalue weighted by atomic mass is 32.2. The fourth-order valence-corrected chi connectivity index (χ4v) is 8.15. The van der Waals surface area contributed by atoms with Gasteiger partial charge in [0.05, 0.1) is 38.0 Å². The number of carboxylic acids is 1. The summed E-state index contributed by atoms with van der Waals surface area (Å²) >= 11 is 1.81. The molecular weight excluding hydrogens is 827 g/mol. The topological polar surface area (TPSA) is 389 Å². The van der Waals surface area contributed by atoms with Crippen molar-refractivity contribution in [2.45, 2.75) is 120 Å². The SMILES string of the molecule is CC(C)CC(CC(=O)NO)C(=O)N[C@@H](CC(N)=O)C(=O)N[C@@H](CC(=O)O)C(=O)NCC(=O)NCC(=O)N[C@@H](CCCCNC(=O)CCCC[C@@H]1SC[C@@H]2NC(=O)N[C@@H]21)C(N)=O. The van der Waals surface area contributed by atoms with Crippen LogP contribution in [0.5, 0.6) is 0 Å². The van der Waals surface area contributed by atoms with E-state index in [2.05, 4.69) is 42.5 Å². The molecule has 2 heterocycles. The second-order valence-electron chi connectivity index (χ2n) is 15.2. The molecule has 2 rings (SSSR count). The zero-order valence-electron chi connectivity index (χ0n) is 34.2. The molecule has 24 nitrogen and oxygen atoms in total. The third-order valence-corrected chi connectivity index (χ3v) is 11.1. The molecule has 0 bridgehead atoms. The number of hydrogen-bond donors (Lipinski definition) is 13. The third-order valence-electron chi connectivity index (χ3n) is 9.60. The Kier molecular flexibility index (Phi) is 22.3. The summed E-state index contributed by atoms with van der Waals surface area (Å²) in [5.74, 6) is -9.63. The molecule has 0 aromatic rings. The van der Waals surface area contributed by atoms with E-state index in [0.717, 1.165) is 18.6 Å². The summed E-state index contributed by atoms with van der Waals surface area (Å²) in [6.07, 6.45) is 1.73. The average Bonchev–Trinajstić information content (AvgIpc) is 3.74. The molecule has 61 heavy (non-hydrogen) atoms. The second kappa shape index (κ2) is 26.5. The van der Waals surface area contributed by atoms with E-state index in [-0.39, 0.29) is 42.8 Å². The van der Waals surface area contributed by atoms with Gasteiger partial charge >= 0.3 is 12.0 Å². The Bertz CT molecular complexity index is 1620. The van der Waals surface area contributed by atoms with Crippen LogP contribution in [0.25, 0.3) is 0 Å². The number of hydrogen-bond acceptors (Lipinski definition) is 13. The van der Waals surface area contributed by atoms with Gasteiger partial charge < -0.3 is 59.1 Å². The van der Waals surface area contributed by atoms with Crippen molar-refractivity contribution in [2.75, 3.05) is 25.4 Å². The summed E-state index contributed by atoms with van der Waals surface area (Å²) < 4.78 is 0. The van der Waals surface area contributed by atoms with Crippen LogP contribution in [-0.2, 0) is 47.9 Å². The monoisotopic (exact) mass is 885 g/mol. The number of unbranched alkanes of at least 4 members (excludes halogenated alkanes) is 2. The van der Waals surface area contributed by atoms with Crippen molar-refractivity contribution in [3.8, 4) is 0 Å². The minimum absolute atomic E-state index is 0.114. The number of hydroxylamine groups is 1. The van der Waals surface area contributed by atoms with Crippen molar-refractivity contribution in [3.63, 3.8) is 0 Å². The van der Waals surface area contributed by atoms with Gasteiger partial charge in [0, 0.05) is 36.3 Å². The Balaban J connectivity index is 1.76. The van der Waals surface area contributed by atoms with Gasteiger partial charge in [-0.3, -0.25) is 53.2 Å². The van der Waals surface area contributed by atoms with Gasteiger partial charge in [-0.2, -0.15) is 11.8 Å². The maximum Gasteiger partial charge on any atom is 0.315 e. The van der Waals surface area contributed by atoms with E-state index in [9.17, 15) is 57.8 Å². The van der Waals surface area contributed by atoms with Crippen LogP contribution in [0.2, 0.25) is 0 Å². The molecule has 15 N–H and O–H groups in total. The lowest BCUT2D eigenvalue weighted by Gasteiger charge is -2.24. The van der Waals surface area contributed by atoms with E-state index in [1.807, 2.05) is 11.8 Å². The van der Waals surface area contributed by atoms with Crippen LogP contribution in [0.15, 0.2) is 0 Å². The summed E-state index contributed by atoms with van der Waals surface area (Å²) in [7, 11) is 0. The highest BCUT2D eigenvalue weighted by molar-refractivity contribution is 8.00. The smallest absolute Gasteiger partial charge is 0.315 e. The zero-order valence-corrected chi connectivity index (χ0v) is 35.0. The first-order valence-corrected chi connectivity index (χ1v) is 21.0. The summed E-state index contributed by atoms with van der Waals surface area (Å²) in [6.45, 7) is 2.41. The molecule has 0 saturated carbocycles. The van der Waals surface area contributed by atoms with Crippen LogP contribution in [0.1, 0.15) is 84.5 Å². The van der Waals surface area contributed by atoms with Crippen molar-refractivity contribution < 1.29 is 63.1 Å². The zero-order chi connectivity index (χ0) is 45.6. The molecule has 2 aliphatic heterocycles. The quantitative estimate of drug-likeness (QED) is 0.0148. The normalized spacial score (nSPS) is 18.4. The standard InChI is InChI=1S/C36H59N11O13S/c1-18(2)11-19(12-27(50)47-60)33(56)43-21(13-25(37)48)35(58)44-22(14-30(53)54)34(57)41-15-28(51)40-16-29(52)42-20(32(38)55)7-5-6-10-39-26(49)9-4-3-8-24-31-23(17-61-24)45-36(59)46-31/h18-24,31,60H,3-17H2,1-2H3,(H2,37,48)(H2,38,55)(H,39,49)(H,40,51)(H,41,57)(H,42,52)(H,43,56)(H,44,58)(H,47,50)(H,53,54)(H2,45,46,59)/t19?,20-,21-,22-,23-,24-,31-/m0/s1. The summed E-state index contributed by atoms with van der Waals surface area (Å²) in [4.78, 5) is 135. The first-order valence-electron chi connectivity index (χ1n) is 19.9. The number of amides is 11. The highest BCUT2D eigenvalue weighted by Crippen LogP contribution is 2.33. The van der Waals surface area contributed by atoms with Crippen LogP contribution in [0.3, 0.4) is 0 Å². The number of rotatable bonds is 29. The molecule has 7 atom stereocenters. The Morgan fingerprint density at radius 3 is 2.05 bits per heavy atom. The van der Waals surface area contributed by atoms with Gasteiger partial charge in [-0.05, 0) is 44.4 Å². The molecule has 11 amide bonds. The van der Waals surface area contributed by atoms with Crippen LogP contribution in [0, 0.1) is 11.8 Å². The molecule has 2 aliphatic rings. The van der Waals surface area contributed by atoms with E-state index < -0.39 is 110 Å². The lowest BCUT2D eigenvalue weighted by Crippen LogP contribution is -2.56. The largest absolute Gasteiger partial charge is 0.481 e. The molecule has 0 aromatic carbocycles. The van der Waals surface area contributed by atoms with Crippen LogP contribution < -0.4 is 59.5 Å². The Hall–Kier alpha value is -5.72. The molecule has 0 aliphatic carbocycles. The first kappa shape index (κ1) is 51.4. The number of carbonyl (C=O) groups is 11. The maximum atomic E-state index is 13.1. The van der Waals surface area contributed by atoms with E-state index in [0.29, 0.717) is 37.5 Å². The van der Waals surface area contributed by atoms with Gasteiger partial charge in [0.25, 0.3) is 0 Å². The molecule has 1 unspecified atom stereocenters. The number of fused-ring (bicyclic) bond motifs is 1.